The first-order chi connectivity index (χ1) is 10.1. The average molecular weight is 306 g/mol. The van der Waals surface area contributed by atoms with Crippen molar-refractivity contribution in [2.75, 3.05) is 6.54 Å². The number of halogens is 2. The smallest absolute Gasteiger partial charge is 0.127 e. The molecule has 0 aliphatic carbocycles. The predicted molar refractivity (Wildman–Crippen MR) is 88.3 cm³/mol. The molecule has 112 valence electrons. The van der Waals surface area contributed by atoms with Gasteiger partial charge in [0.2, 0.25) is 0 Å². The lowest BCUT2D eigenvalue weighted by Crippen LogP contribution is -2.19. The first-order valence-electron chi connectivity index (χ1n) is 7.36. The van der Waals surface area contributed by atoms with Crippen LogP contribution in [0.3, 0.4) is 0 Å². The van der Waals surface area contributed by atoms with Crippen molar-refractivity contribution in [2.24, 2.45) is 0 Å². The summed E-state index contributed by atoms with van der Waals surface area (Å²) in [6.45, 7) is 6.95. The van der Waals surface area contributed by atoms with Crippen LogP contribution < -0.4 is 5.32 Å². The van der Waals surface area contributed by atoms with Gasteiger partial charge in [-0.25, -0.2) is 4.39 Å². The number of aryl methyl sites for hydroxylation is 1. The van der Waals surface area contributed by atoms with E-state index in [-0.39, 0.29) is 5.82 Å². The van der Waals surface area contributed by atoms with Crippen molar-refractivity contribution < 1.29 is 4.39 Å². The number of benzene rings is 2. The summed E-state index contributed by atoms with van der Waals surface area (Å²) in [5.41, 5.74) is 3.74. The van der Waals surface area contributed by atoms with Crippen LogP contribution >= 0.6 is 11.6 Å². The Kier molecular flexibility index (Phi) is 5.38. The lowest BCUT2D eigenvalue weighted by atomic mass is 9.97. The molecule has 0 aliphatic rings. The third kappa shape index (κ3) is 3.63. The third-order valence-corrected chi connectivity index (χ3v) is 4.02. The van der Waals surface area contributed by atoms with Crippen molar-refractivity contribution in [1.82, 2.24) is 5.32 Å². The molecule has 0 fully saturated rings. The Labute approximate surface area is 131 Å². The highest BCUT2D eigenvalue weighted by Crippen LogP contribution is 2.32. The number of rotatable bonds is 5. The van der Waals surface area contributed by atoms with Crippen LogP contribution in [0, 0.1) is 12.7 Å². The fourth-order valence-electron chi connectivity index (χ4n) is 2.55. The van der Waals surface area contributed by atoms with E-state index < -0.39 is 0 Å². The molecule has 0 saturated carbocycles. The molecule has 1 nitrogen and oxygen atoms in total. The molecule has 3 heteroatoms. The maximum atomic E-state index is 13.5. The summed E-state index contributed by atoms with van der Waals surface area (Å²) in [6, 6.07) is 11.8. The van der Waals surface area contributed by atoms with E-state index >= 15 is 0 Å². The van der Waals surface area contributed by atoms with Crippen molar-refractivity contribution in [1.29, 1.82) is 0 Å². The van der Waals surface area contributed by atoms with E-state index in [0.29, 0.717) is 16.6 Å². The molecular formula is C18H21ClFN. The summed E-state index contributed by atoms with van der Waals surface area (Å²) < 4.78 is 13.5. The fourth-order valence-corrected chi connectivity index (χ4v) is 2.81. The normalized spacial score (nSPS) is 12.4. The topological polar surface area (TPSA) is 12.0 Å². The van der Waals surface area contributed by atoms with Crippen LogP contribution in [0.2, 0.25) is 5.02 Å². The van der Waals surface area contributed by atoms with Crippen LogP contribution in [0.15, 0.2) is 36.4 Å². The van der Waals surface area contributed by atoms with Crippen LogP contribution in [0.5, 0.6) is 0 Å². The number of hydrogen-bond donors (Lipinski definition) is 1. The zero-order valence-electron chi connectivity index (χ0n) is 12.7. The quantitative estimate of drug-likeness (QED) is 0.767. The van der Waals surface area contributed by atoms with E-state index in [9.17, 15) is 4.39 Å². The first kappa shape index (κ1) is 16.0. The van der Waals surface area contributed by atoms with E-state index in [0.717, 1.165) is 24.1 Å². The fraction of sp³-hybridized carbons (Fsp3) is 0.333. The van der Waals surface area contributed by atoms with Crippen LogP contribution in [-0.4, -0.2) is 6.54 Å². The van der Waals surface area contributed by atoms with E-state index in [4.69, 9.17) is 11.6 Å². The molecule has 1 N–H and O–H groups in total. The van der Waals surface area contributed by atoms with Crippen molar-refractivity contribution in [3.63, 3.8) is 0 Å². The molecule has 21 heavy (non-hydrogen) atoms. The molecule has 0 bridgehead atoms. The summed E-state index contributed by atoms with van der Waals surface area (Å²) in [5.74, 6) is -0.265. The molecule has 0 spiro atoms. The van der Waals surface area contributed by atoms with E-state index in [1.165, 1.54) is 11.6 Å². The lowest BCUT2D eigenvalue weighted by molar-refractivity contribution is 0.537. The van der Waals surface area contributed by atoms with E-state index in [2.05, 4.69) is 31.3 Å². The van der Waals surface area contributed by atoms with Gasteiger partial charge in [-0.2, -0.15) is 0 Å². The van der Waals surface area contributed by atoms with Gasteiger partial charge in [0.25, 0.3) is 0 Å². The Morgan fingerprint density at radius 3 is 2.62 bits per heavy atom. The van der Waals surface area contributed by atoms with Crippen LogP contribution in [0.4, 0.5) is 4.39 Å². The second kappa shape index (κ2) is 7.06. The van der Waals surface area contributed by atoms with Crippen molar-refractivity contribution in [3.8, 4) is 11.1 Å². The first-order valence-corrected chi connectivity index (χ1v) is 7.74. The van der Waals surface area contributed by atoms with Gasteiger partial charge < -0.3 is 5.32 Å². The van der Waals surface area contributed by atoms with Crippen molar-refractivity contribution in [2.45, 2.75) is 33.2 Å². The SMILES string of the molecule is CCNC(CC)c1cccc(-c2cc(C)c(F)cc2Cl)c1. The maximum Gasteiger partial charge on any atom is 0.127 e. The van der Waals surface area contributed by atoms with Gasteiger partial charge in [0.15, 0.2) is 0 Å². The number of nitrogens with one attached hydrogen (secondary N) is 1. The molecule has 2 aromatic rings. The minimum atomic E-state index is -0.265. The molecule has 1 unspecified atom stereocenters. The Hall–Kier alpha value is -1.38. The molecule has 0 aromatic heterocycles. The molecule has 0 saturated heterocycles. The van der Waals surface area contributed by atoms with E-state index in [1.54, 1.807) is 6.92 Å². The third-order valence-electron chi connectivity index (χ3n) is 3.71. The van der Waals surface area contributed by atoms with Crippen molar-refractivity contribution in [3.05, 3.63) is 58.4 Å². The Bertz CT molecular complexity index is 625. The largest absolute Gasteiger partial charge is 0.310 e. The predicted octanol–water partition coefficient (Wildman–Crippen LogP) is 5.52. The highest BCUT2D eigenvalue weighted by molar-refractivity contribution is 6.33. The minimum absolute atomic E-state index is 0.265. The van der Waals surface area contributed by atoms with E-state index in [1.807, 2.05) is 18.2 Å². The van der Waals surface area contributed by atoms with Gasteiger partial charge in [-0.3, -0.25) is 0 Å². The summed E-state index contributed by atoms with van der Waals surface area (Å²) in [7, 11) is 0. The van der Waals surface area contributed by atoms with Crippen LogP contribution in [0.25, 0.3) is 11.1 Å². The highest BCUT2D eigenvalue weighted by atomic mass is 35.5. The van der Waals surface area contributed by atoms with Gasteiger partial charge in [0, 0.05) is 11.6 Å². The molecule has 0 aliphatic heterocycles. The molecule has 2 rings (SSSR count). The van der Waals surface area contributed by atoms with Crippen molar-refractivity contribution >= 4 is 11.6 Å². The van der Waals surface area contributed by atoms with Crippen LogP contribution in [0.1, 0.15) is 37.4 Å². The van der Waals surface area contributed by atoms with Gasteiger partial charge in [0.1, 0.15) is 5.82 Å². The second-order valence-electron chi connectivity index (χ2n) is 5.23. The molecule has 0 amide bonds. The number of hydrogen-bond acceptors (Lipinski definition) is 1. The maximum absolute atomic E-state index is 13.5. The minimum Gasteiger partial charge on any atom is -0.310 e. The monoisotopic (exact) mass is 305 g/mol. The van der Waals surface area contributed by atoms with Gasteiger partial charge in [-0.1, -0.05) is 43.6 Å². The summed E-state index contributed by atoms with van der Waals surface area (Å²) in [5, 5.41) is 3.92. The Morgan fingerprint density at radius 1 is 1.19 bits per heavy atom. The highest BCUT2D eigenvalue weighted by Gasteiger charge is 2.11. The van der Waals surface area contributed by atoms with Gasteiger partial charge in [-0.05, 0) is 54.8 Å². The molecule has 0 heterocycles. The Morgan fingerprint density at radius 2 is 1.95 bits per heavy atom. The van der Waals surface area contributed by atoms with Gasteiger partial charge in [-0.15, -0.1) is 0 Å². The van der Waals surface area contributed by atoms with Crippen LogP contribution in [-0.2, 0) is 0 Å². The zero-order chi connectivity index (χ0) is 15.4. The zero-order valence-corrected chi connectivity index (χ0v) is 13.5. The summed E-state index contributed by atoms with van der Waals surface area (Å²) in [4.78, 5) is 0. The molecule has 1 atom stereocenters. The molecular weight excluding hydrogens is 285 g/mol. The summed E-state index contributed by atoms with van der Waals surface area (Å²) >= 11 is 6.21. The second-order valence-corrected chi connectivity index (χ2v) is 5.63. The standard InChI is InChI=1S/C18H21ClFN/c1-4-18(21-5-2)14-8-6-7-13(10-14)15-9-12(3)17(20)11-16(15)19/h6-11,18,21H,4-5H2,1-3H3. The average Bonchev–Trinajstić information content (AvgIpc) is 2.48. The molecule has 0 radical (unpaired) electrons. The lowest BCUT2D eigenvalue weighted by Gasteiger charge is -2.17. The van der Waals surface area contributed by atoms with Gasteiger partial charge >= 0.3 is 0 Å². The van der Waals surface area contributed by atoms with Gasteiger partial charge in [0.05, 0.1) is 5.02 Å². The molecule has 2 aromatic carbocycles. The Balaban J connectivity index is 2.44. The summed E-state index contributed by atoms with van der Waals surface area (Å²) in [6.07, 6.45) is 1.02.